The molecular weight excluding hydrogens is 292 g/mol. The molecule has 1 aromatic rings. The number of hydrogen-bond acceptors (Lipinski definition) is 6. The first-order valence-corrected chi connectivity index (χ1v) is 8.41. The summed E-state index contributed by atoms with van der Waals surface area (Å²) in [7, 11) is 3.50. The molecule has 0 bridgehead atoms. The van der Waals surface area contributed by atoms with E-state index in [0.29, 0.717) is 13.2 Å². The van der Waals surface area contributed by atoms with Crippen LogP contribution in [0.5, 0.6) is 0 Å². The van der Waals surface area contributed by atoms with E-state index >= 15 is 0 Å². The van der Waals surface area contributed by atoms with Crippen molar-refractivity contribution in [2.75, 3.05) is 73.2 Å². The molecule has 2 rings (SSSR count). The van der Waals surface area contributed by atoms with E-state index < -0.39 is 0 Å². The molecule has 1 atom stereocenters. The number of piperazine rings is 1. The van der Waals surface area contributed by atoms with Crippen LogP contribution in [0.3, 0.4) is 0 Å². The number of methoxy groups -OCH3 is 2. The average Bonchev–Trinajstić information content (AvgIpc) is 2.62. The molecule has 1 N–H and O–H groups in total. The summed E-state index contributed by atoms with van der Waals surface area (Å²) < 4.78 is 10.6. The Hall–Kier alpha value is -1.05. The summed E-state index contributed by atoms with van der Waals surface area (Å²) in [5.41, 5.74) is 1.12. The Bertz CT molecular complexity index is 404. The van der Waals surface area contributed by atoms with Gasteiger partial charge < -0.3 is 14.8 Å². The second kappa shape index (κ2) is 10.7. The fourth-order valence-electron chi connectivity index (χ4n) is 2.95. The van der Waals surface area contributed by atoms with Gasteiger partial charge in [-0.1, -0.05) is 6.07 Å². The number of pyridine rings is 1. The first-order valence-electron chi connectivity index (χ1n) is 8.41. The van der Waals surface area contributed by atoms with Crippen molar-refractivity contribution < 1.29 is 9.47 Å². The van der Waals surface area contributed by atoms with Gasteiger partial charge in [-0.15, -0.1) is 0 Å². The van der Waals surface area contributed by atoms with Gasteiger partial charge in [0.15, 0.2) is 0 Å². The highest BCUT2D eigenvalue weighted by molar-refractivity contribution is 5.10. The monoisotopic (exact) mass is 322 g/mol. The third-order valence-electron chi connectivity index (χ3n) is 4.28. The second-order valence-electron chi connectivity index (χ2n) is 5.84. The predicted octanol–water partition coefficient (Wildman–Crippen LogP) is 0.623. The van der Waals surface area contributed by atoms with E-state index in [4.69, 9.17) is 9.47 Å². The summed E-state index contributed by atoms with van der Waals surface area (Å²) >= 11 is 0. The molecule has 1 aliphatic heterocycles. The number of aromatic nitrogens is 1. The summed E-state index contributed by atoms with van der Waals surface area (Å²) in [5, 5.41) is 3.41. The minimum atomic E-state index is 0.264. The Morgan fingerprint density at radius 3 is 2.43 bits per heavy atom. The quantitative estimate of drug-likeness (QED) is 0.682. The van der Waals surface area contributed by atoms with Crippen molar-refractivity contribution in [1.82, 2.24) is 20.1 Å². The Balaban J connectivity index is 2.11. The van der Waals surface area contributed by atoms with Crippen molar-refractivity contribution in [2.24, 2.45) is 0 Å². The van der Waals surface area contributed by atoms with E-state index in [0.717, 1.165) is 51.5 Å². The maximum atomic E-state index is 5.30. The van der Waals surface area contributed by atoms with Crippen molar-refractivity contribution in [1.29, 1.82) is 0 Å². The highest BCUT2D eigenvalue weighted by atomic mass is 16.5. The smallest absolute Gasteiger partial charge is 0.0650 e. The standard InChI is InChI=1S/C17H30N4O2/c1-22-13-11-21(12-14-23-2)17(16-5-3-4-6-19-16)15-20-9-7-18-8-10-20/h3-6,17-18H,7-15H2,1-2H3. The van der Waals surface area contributed by atoms with Crippen molar-refractivity contribution in [3.05, 3.63) is 30.1 Å². The number of hydrogen-bond donors (Lipinski definition) is 1. The van der Waals surface area contributed by atoms with Crippen LogP contribution in [-0.4, -0.2) is 88.0 Å². The number of rotatable bonds is 10. The van der Waals surface area contributed by atoms with Gasteiger partial charge in [-0.25, -0.2) is 0 Å². The Morgan fingerprint density at radius 1 is 1.17 bits per heavy atom. The fourth-order valence-corrected chi connectivity index (χ4v) is 2.95. The summed E-state index contributed by atoms with van der Waals surface area (Å²) in [6.45, 7) is 8.49. The summed E-state index contributed by atoms with van der Waals surface area (Å²) in [6, 6.07) is 6.43. The number of nitrogens with one attached hydrogen (secondary N) is 1. The van der Waals surface area contributed by atoms with Gasteiger partial charge in [-0.3, -0.25) is 14.8 Å². The van der Waals surface area contributed by atoms with Crippen LogP contribution in [0, 0.1) is 0 Å². The van der Waals surface area contributed by atoms with E-state index in [-0.39, 0.29) is 6.04 Å². The molecule has 1 aliphatic rings. The average molecular weight is 322 g/mol. The molecule has 23 heavy (non-hydrogen) atoms. The first kappa shape index (κ1) is 18.3. The summed E-state index contributed by atoms with van der Waals surface area (Å²) in [4.78, 5) is 9.56. The van der Waals surface area contributed by atoms with Crippen molar-refractivity contribution in [3.8, 4) is 0 Å². The Kier molecular flexibility index (Phi) is 8.49. The summed E-state index contributed by atoms with van der Waals surface area (Å²) in [5.74, 6) is 0. The molecule has 6 heteroatoms. The maximum Gasteiger partial charge on any atom is 0.0650 e. The van der Waals surface area contributed by atoms with Crippen LogP contribution >= 0.6 is 0 Å². The largest absolute Gasteiger partial charge is 0.383 e. The SMILES string of the molecule is COCCN(CCOC)C(CN1CCNCC1)c1ccccn1. The van der Waals surface area contributed by atoms with E-state index in [1.165, 1.54) is 0 Å². The molecule has 130 valence electrons. The molecule has 1 fully saturated rings. The van der Waals surface area contributed by atoms with Crippen LogP contribution < -0.4 is 5.32 Å². The van der Waals surface area contributed by atoms with Crippen molar-refractivity contribution in [3.63, 3.8) is 0 Å². The highest BCUT2D eigenvalue weighted by Gasteiger charge is 2.24. The normalized spacial score (nSPS) is 17.5. The Labute approximate surface area is 139 Å². The van der Waals surface area contributed by atoms with Crippen LogP contribution in [-0.2, 0) is 9.47 Å². The molecule has 0 radical (unpaired) electrons. The number of ether oxygens (including phenoxy) is 2. The molecule has 1 unspecified atom stereocenters. The first-order chi connectivity index (χ1) is 11.3. The zero-order valence-corrected chi connectivity index (χ0v) is 14.4. The maximum absolute atomic E-state index is 5.30. The van der Waals surface area contributed by atoms with Gasteiger partial charge in [0.25, 0.3) is 0 Å². The van der Waals surface area contributed by atoms with Crippen LogP contribution in [0.4, 0.5) is 0 Å². The molecule has 6 nitrogen and oxygen atoms in total. The van der Waals surface area contributed by atoms with Crippen LogP contribution in [0.1, 0.15) is 11.7 Å². The van der Waals surface area contributed by atoms with E-state index in [1.54, 1.807) is 14.2 Å². The van der Waals surface area contributed by atoms with Crippen LogP contribution in [0.2, 0.25) is 0 Å². The molecule has 0 aromatic carbocycles. The van der Waals surface area contributed by atoms with Gasteiger partial charge in [0.05, 0.1) is 24.9 Å². The Morgan fingerprint density at radius 2 is 1.87 bits per heavy atom. The zero-order chi connectivity index (χ0) is 16.3. The van der Waals surface area contributed by atoms with Crippen molar-refractivity contribution >= 4 is 0 Å². The molecular formula is C17H30N4O2. The zero-order valence-electron chi connectivity index (χ0n) is 14.4. The molecule has 0 amide bonds. The van der Waals surface area contributed by atoms with E-state index in [9.17, 15) is 0 Å². The molecule has 0 saturated carbocycles. The van der Waals surface area contributed by atoms with Gasteiger partial charge >= 0.3 is 0 Å². The minimum Gasteiger partial charge on any atom is -0.383 e. The van der Waals surface area contributed by atoms with Gasteiger partial charge in [-0.05, 0) is 12.1 Å². The lowest BCUT2D eigenvalue weighted by atomic mass is 10.1. The fraction of sp³-hybridized carbons (Fsp3) is 0.706. The predicted molar refractivity (Wildman–Crippen MR) is 91.6 cm³/mol. The lowest BCUT2D eigenvalue weighted by Crippen LogP contribution is -2.48. The molecule has 1 saturated heterocycles. The van der Waals surface area contributed by atoms with Gasteiger partial charge in [0, 0.05) is 66.2 Å². The molecule has 0 spiro atoms. The van der Waals surface area contributed by atoms with Gasteiger partial charge in [0.1, 0.15) is 0 Å². The van der Waals surface area contributed by atoms with Crippen molar-refractivity contribution in [2.45, 2.75) is 6.04 Å². The lowest BCUT2D eigenvalue weighted by molar-refractivity contribution is 0.0665. The highest BCUT2D eigenvalue weighted by Crippen LogP contribution is 2.20. The van der Waals surface area contributed by atoms with Crippen LogP contribution in [0.15, 0.2) is 24.4 Å². The van der Waals surface area contributed by atoms with Gasteiger partial charge in [-0.2, -0.15) is 0 Å². The van der Waals surface area contributed by atoms with Crippen LogP contribution in [0.25, 0.3) is 0 Å². The number of nitrogens with zero attached hydrogens (tertiary/aromatic N) is 3. The third kappa shape index (κ3) is 6.16. The van der Waals surface area contributed by atoms with E-state index in [1.807, 2.05) is 12.3 Å². The second-order valence-corrected chi connectivity index (χ2v) is 5.84. The molecule has 2 heterocycles. The topological polar surface area (TPSA) is 49.9 Å². The van der Waals surface area contributed by atoms with E-state index in [2.05, 4.69) is 32.2 Å². The third-order valence-corrected chi connectivity index (χ3v) is 4.28. The molecule has 0 aliphatic carbocycles. The summed E-state index contributed by atoms with van der Waals surface area (Å²) in [6.07, 6.45) is 1.88. The molecule has 1 aromatic heterocycles. The minimum absolute atomic E-state index is 0.264. The lowest BCUT2D eigenvalue weighted by Gasteiger charge is -2.36. The van der Waals surface area contributed by atoms with Gasteiger partial charge in [0.2, 0.25) is 0 Å².